The van der Waals surface area contributed by atoms with E-state index in [2.05, 4.69) is 5.32 Å². The van der Waals surface area contributed by atoms with Gasteiger partial charge in [0.25, 0.3) is 5.56 Å². The molecule has 0 atom stereocenters. The Balaban J connectivity index is 3.09. The molecule has 1 rings (SSSR count). The van der Waals surface area contributed by atoms with Crippen LogP contribution in [0.1, 0.15) is 44.0 Å². The van der Waals surface area contributed by atoms with Crippen molar-refractivity contribution in [1.82, 2.24) is 14.5 Å². The molecule has 0 saturated heterocycles. The quantitative estimate of drug-likeness (QED) is 0.751. The number of ketones is 1. The summed E-state index contributed by atoms with van der Waals surface area (Å²) >= 11 is 0. The monoisotopic (exact) mass is 295 g/mol. The molecule has 116 valence electrons. The highest BCUT2D eigenvalue weighted by atomic mass is 16.2. The van der Waals surface area contributed by atoms with Crippen LogP contribution < -0.4 is 16.6 Å². The molecule has 0 fully saturated rings. The van der Waals surface area contributed by atoms with Crippen molar-refractivity contribution < 1.29 is 9.59 Å². The Morgan fingerprint density at radius 3 is 2.29 bits per heavy atom. The molecule has 0 spiro atoms. The maximum absolute atomic E-state index is 12.0. The van der Waals surface area contributed by atoms with Crippen LogP contribution in [0, 0.1) is 0 Å². The Morgan fingerprint density at radius 2 is 1.81 bits per heavy atom. The van der Waals surface area contributed by atoms with Gasteiger partial charge in [-0.1, -0.05) is 13.8 Å². The third kappa shape index (κ3) is 3.90. The van der Waals surface area contributed by atoms with Crippen molar-refractivity contribution in [3.8, 4) is 0 Å². The predicted octanol–water partition coefficient (Wildman–Crippen LogP) is 0.0544. The van der Waals surface area contributed by atoms with Gasteiger partial charge in [0.2, 0.25) is 5.91 Å². The molecule has 0 aromatic carbocycles. The Morgan fingerprint density at radius 1 is 1.24 bits per heavy atom. The first-order valence-corrected chi connectivity index (χ1v) is 6.92. The fourth-order valence-electron chi connectivity index (χ4n) is 2.00. The number of carbonyl (C=O) groups is 2. The molecule has 7 nitrogen and oxygen atoms in total. The molecule has 0 bridgehead atoms. The number of carbonyl (C=O) groups excluding carboxylic acids is 2. The molecule has 1 aromatic heterocycles. The zero-order valence-corrected chi connectivity index (χ0v) is 12.8. The molecule has 0 saturated carbocycles. The average molecular weight is 295 g/mol. The Labute approximate surface area is 122 Å². The first-order valence-electron chi connectivity index (χ1n) is 6.92. The molecule has 0 unspecified atom stereocenters. The van der Waals surface area contributed by atoms with Crippen LogP contribution in [0.2, 0.25) is 0 Å². The number of rotatable bonds is 6. The summed E-state index contributed by atoms with van der Waals surface area (Å²) in [5.41, 5.74) is -1.37. The second-order valence-electron chi connectivity index (χ2n) is 4.95. The highest BCUT2D eigenvalue weighted by Crippen LogP contribution is 1.97. The smallest absolute Gasteiger partial charge is 0.331 e. The number of Topliss-reactive ketones (excluding diaryl/α,β-unsaturated/α-hetero) is 1. The van der Waals surface area contributed by atoms with Gasteiger partial charge in [-0.2, -0.15) is 0 Å². The highest BCUT2D eigenvalue weighted by Gasteiger charge is 2.15. The van der Waals surface area contributed by atoms with E-state index in [9.17, 15) is 19.2 Å². The SMILES string of the molecule is CCC(CC)NC(=O)Cn1cc(C(C)=O)c(=O)n(C)c1=O. The lowest BCUT2D eigenvalue weighted by Gasteiger charge is -2.15. The van der Waals surface area contributed by atoms with Gasteiger partial charge in [0.15, 0.2) is 5.78 Å². The topological polar surface area (TPSA) is 90.2 Å². The van der Waals surface area contributed by atoms with Crippen LogP contribution in [0.15, 0.2) is 15.8 Å². The van der Waals surface area contributed by atoms with E-state index in [4.69, 9.17) is 0 Å². The fraction of sp³-hybridized carbons (Fsp3) is 0.571. The summed E-state index contributed by atoms with van der Waals surface area (Å²) in [6, 6.07) is 0.0491. The lowest BCUT2D eigenvalue weighted by atomic mass is 10.2. The molecular weight excluding hydrogens is 274 g/mol. The molecule has 0 aliphatic heterocycles. The van der Waals surface area contributed by atoms with Gasteiger partial charge in [0.1, 0.15) is 6.54 Å². The average Bonchev–Trinajstić information content (AvgIpc) is 2.44. The minimum Gasteiger partial charge on any atom is -0.352 e. The summed E-state index contributed by atoms with van der Waals surface area (Å²) < 4.78 is 1.91. The van der Waals surface area contributed by atoms with Crippen molar-refractivity contribution in [1.29, 1.82) is 0 Å². The molecule has 1 aromatic rings. The van der Waals surface area contributed by atoms with Crippen molar-refractivity contribution in [2.24, 2.45) is 7.05 Å². The Hall–Kier alpha value is -2.18. The third-order valence-electron chi connectivity index (χ3n) is 3.40. The number of amides is 1. The molecule has 0 aliphatic carbocycles. The summed E-state index contributed by atoms with van der Waals surface area (Å²) in [5, 5.41) is 2.80. The normalized spacial score (nSPS) is 10.7. The summed E-state index contributed by atoms with van der Waals surface area (Å²) in [4.78, 5) is 47.1. The summed E-state index contributed by atoms with van der Waals surface area (Å²) in [7, 11) is 1.28. The minimum atomic E-state index is -0.649. The van der Waals surface area contributed by atoms with E-state index in [0.29, 0.717) is 0 Å². The van der Waals surface area contributed by atoms with Gasteiger partial charge in [-0.25, -0.2) is 4.79 Å². The van der Waals surface area contributed by atoms with Crippen LogP contribution in [0.3, 0.4) is 0 Å². The molecule has 21 heavy (non-hydrogen) atoms. The molecule has 1 amide bonds. The van der Waals surface area contributed by atoms with Crippen molar-refractivity contribution in [2.75, 3.05) is 0 Å². The van der Waals surface area contributed by atoms with E-state index in [0.717, 1.165) is 28.2 Å². The number of nitrogens with one attached hydrogen (secondary N) is 1. The largest absolute Gasteiger partial charge is 0.352 e. The van der Waals surface area contributed by atoms with Crippen molar-refractivity contribution in [3.63, 3.8) is 0 Å². The van der Waals surface area contributed by atoms with Crippen LogP contribution in [0.4, 0.5) is 0 Å². The molecule has 0 radical (unpaired) electrons. The Bertz CT molecular complexity index is 653. The number of nitrogens with zero attached hydrogens (tertiary/aromatic N) is 2. The number of hydrogen-bond donors (Lipinski definition) is 1. The van der Waals surface area contributed by atoms with Crippen LogP contribution in [-0.2, 0) is 18.4 Å². The predicted molar refractivity (Wildman–Crippen MR) is 78.5 cm³/mol. The molecule has 1 heterocycles. The van der Waals surface area contributed by atoms with E-state index >= 15 is 0 Å². The van der Waals surface area contributed by atoms with Crippen LogP contribution in [-0.4, -0.2) is 26.9 Å². The maximum atomic E-state index is 12.0. The van der Waals surface area contributed by atoms with Gasteiger partial charge in [0.05, 0.1) is 5.56 Å². The molecule has 0 aliphatic rings. The van der Waals surface area contributed by atoms with Crippen LogP contribution in [0.5, 0.6) is 0 Å². The van der Waals surface area contributed by atoms with Crippen LogP contribution >= 0.6 is 0 Å². The standard InChI is InChI=1S/C14H21N3O4/c1-5-10(6-2)15-12(19)8-17-7-11(9(3)18)13(20)16(4)14(17)21/h7,10H,5-6,8H2,1-4H3,(H,15,19). The first kappa shape index (κ1) is 16.9. The zero-order valence-electron chi connectivity index (χ0n) is 12.8. The van der Waals surface area contributed by atoms with Gasteiger partial charge in [0, 0.05) is 19.3 Å². The lowest BCUT2D eigenvalue weighted by molar-refractivity contribution is -0.122. The molecule has 7 heteroatoms. The molecular formula is C14H21N3O4. The minimum absolute atomic E-state index is 0.0491. The van der Waals surface area contributed by atoms with Crippen molar-refractivity contribution >= 4 is 11.7 Å². The van der Waals surface area contributed by atoms with Crippen LogP contribution in [0.25, 0.3) is 0 Å². The third-order valence-corrected chi connectivity index (χ3v) is 3.40. The van der Waals surface area contributed by atoms with Gasteiger partial charge in [-0.05, 0) is 19.8 Å². The highest BCUT2D eigenvalue weighted by molar-refractivity contribution is 5.93. The van der Waals surface area contributed by atoms with E-state index in [-0.39, 0.29) is 24.1 Å². The Kier molecular flexibility index (Phi) is 5.63. The van der Waals surface area contributed by atoms with Gasteiger partial charge in [-0.3, -0.25) is 23.5 Å². The first-order chi connectivity index (χ1) is 9.81. The summed E-state index contributed by atoms with van der Waals surface area (Å²) in [5.74, 6) is -0.760. The van der Waals surface area contributed by atoms with E-state index in [1.54, 1.807) is 0 Å². The second kappa shape index (κ2) is 7.01. The lowest BCUT2D eigenvalue weighted by Crippen LogP contribution is -2.44. The van der Waals surface area contributed by atoms with E-state index in [1.807, 2.05) is 13.8 Å². The fourth-order valence-corrected chi connectivity index (χ4v) is 2.00. The van der Waals surface area contributed by atoms with Crippen molar-refractivity contribution in [3.05, 3.63) is 32.6 Å². The number of hydrogen-bond acceptors (Lipinski definition) is 4. The number of aromatic nitrogens is 2. The van der Waals surface area contributed by atoms with Gasteiger partial charge < -0.3 is 5.32 Å². The van der Waals surface area contributed by atoms with E-state index in [1.165, 1.54) is 14.0 Å². The summed E-state index contributed by atoms with van der Waals surface area (Å²) in [6.07, 6.45) is 2.74. The summed E-state index contributed by atoms with van der Waals surface area (Å²) in [6.45, 7) is 4.95. The molecule has 1 N–H and O–H groups in total. The van der Waals surface area contributed by atoms with Crippen molar-refractivity contribution in [2.45, 2.75) is 46.2 Å². The maximum Gasteiger partial charge on any atom is 0.331 e. The van der Waals surface area contributed by atoms with Gasteiger partial charge >= 0.3 is 5.69 Å². The zero-order chi connectivity index (χ0) is 16.2. The van der Waals surface area contributed by atoms with E-state index < -0.39 is 17.0 Å². The van der Waals surface area contributed by atoms with Gasteiger partial charge in [-0.15, -0.1) is 0 Å². The second-order valence-corrected chi connectivity index (χ2v) is 4.95.